The summed E-state index contributed by atoms with van der Waals surface area (Å²) in [6, 6.07) is 5.14. The molecule has 17 heavy (non-hydrogen) atoms. The molecule has 0 amide bonds. The first kappa shape index (κ1) is 11.9. The van der Waals surface area contributed by atoms with E-state index in [1.54, 1.807) is 37.7 Å². The normalized spacial score (nSPS) is 11.7. The molecule has 1 heterocycles. The third kappa shape index (κ3) is 2.56. The standard InChI is InChI=1S/C11H13N2O3P/c1-8(14)13-11-5-4-10(16-17(2,3)15)6-9(11)7-12-13/h4-7H,1-3H3. The zero-order valence-electron chi connectivity index (χ0n) is 9.88. The Balaban J connectivity index is 2.46. The Morgan fingerprint density at radius 1 is 1.41 bits per heavy atom. The van der Waals surface area contributed by atoms with Gasteiger partial charge in [0.05, 0.1) is 11.7 Å². The fourth-order valence-electron chi connectivity index (χ4n) is 1.57. The lowest BCUT2D eigenvalue weighted by molar-refractivity contribution is 0.0926. The summed E-state index contributed by atoms with van der Waals surface area (Å²) in [7, 11) is -2.57. The van der Waals surface area contributed by atoms with Crippen LogP contribution in [0.5, 0.6) is 5.75 Å². The van der Waals surface area contributed by atoms with Crippen molar-refractivity contribution in [1.82, 2.24) is 9.78 Å². The van der Waals surface area contributed by atoms with Crippen LogP contribution in [0.1, 0.15) is 11.7 Å². The van der Waals surface area contributed by atoms with E-state index in [1.165, 1.54) is 11.6 Å². The van der Waals surface area contributed by atoms with Gasteiger partial charge in [0.15, 0.2) is 0 Å². The molecule has 1 aromatic carbocycles. The van der Waals surface area contributed by atoms with Gasteiger partial charge >= 0.3 is 0 Å². The molecule has 0 unspecified atom stereocenters. The molecule has 0 aliphatic heterocycles. The highest BCUT2D eigenvalue weighted by atomic mass is 31.2. The Hall–Kier alpha value is -1.61. The number of fused-ring (bicyclic) bond motifs is 1. The zero-order valence-corrected chi connectivity index (χ0v) is 10.8. The highest BCUT2D eigenvalue weighted by Gasteiger charge is 2.11. The summed E-state index contributed by atoms with van der Waals surface area (Å²) in [5.41, 5.74) is 0.715. The molecule has 0 saturated carbocycles. The van der Waals surface area contributed by atoms with E-state index in [1.807, 2.05) is 0 Å². The predicted molar refractivity (Wildman–Crippen MR) is 66.1 cm³/mol. The molecule has 1 aromatic heterocycles. The molecule has 0 fully saturated rings. The monoisotopic (exact) mass is 252 g/mol. The van der Waals surface area contributed by atoms with Crippen LogP contribution in [0.3, 0.4) is 0 Å². The molecule has 0 bridgehead atoms. The second-order valence-electron chi connectivity index (χ2n) is 4.14. The minimum absolute atomic E-state index is 0.148. The maximum atomic E-state index is 11.5. The minimum Gasteiger partial charge on any atom is -0.443 e. The molecule has 2 rings (SSSR count). The Morgan fingerprint density at radius 3 is 2.71 bits per heavy atom. The molecule has 5 nitrogen and oxygen atoms in total. The molecule has 0 spiro atoms. The van der Waals surface area contributed by atoms with Crippen LogP contribution in [-0.4, -0.2) is 29.0 Å². The van der Waals surface area contributed by atoms with Crippen molar-refractivity contribution in [2.45, 2.75) is 6.92 Å². The number of aromatic nitrogens is 2. The Morgan fingerprint density at radius 2 is 2.12 bits per heavy atom. The highest BCUT2D eigenvalue weighted by molar-refractivity contribution is 7.57. The number of benzene rings is 1. The lowest BCUT2D eigenvalue weighted by Gasteiger charge is -2.09. The van der Waals surface area contributed by atoms with E-state index in [2.05, 4.69) is 5.10 Å². The molecule has 0 radical (unpaired) electrons. The van der Waals surface area contributed by atoms with Gasteiger partial charge in [0, 0.05) is 25.6 Å². The number of hydrogen-bond acceptors (Lipinski definition) is 4. The predicted octanol–water partition coefficient (Wildman–Crippen LogP) is 2.61. The second kappa shape index (κ2) is 4.00. The van der Waals surface area contributed by atoms with Crippen molar-refractivity contribution >= 4 is 24.2 Å². The third-order valence-electron chi connectivity index (χ3n) is 2.16. The summed E-state index contributed by atoms with van der Waals surface area (Å²) in [5.74, 6) is 0.374. The lowest BCUT2D eigenvalue weighted by Crippen LogP contribution is -2.06. The molecule has 0 saturated heterocycles. The first-order chi connectivity index (χ1) is 7.87. The van der Waals surface area contributed by atoms with E-state index in [9.17, 15) is 9.36 Å². The maximum absolute atomic E-state index is 11.5. The number of carbonyl (C=O) groups is 1. The zero-order chi connectivity index (χ0) is 12.6. The van der Waals surface area contributed by atoms with Gasteiger partial charge in [-0.2, -0.15) is 5.10 Å². The quantitative estimate of drug-likeness (QED) is 0.771. The van der Waals surface area contributed by atoms with Crippen LogP contribution in [0.15, 0.2) is 24.4 Å². The van der Waals surface area contributed by atoms with Gasteiger partial charge in [0.1, 0.15) is 5.75 Å². The molecule has 2 aromatic rings. The van der Waals surface area contributed by atoms with E-state index >= 15 is 0 Å². The van der Waals surface area contributed by atoms with E-state index in [-0.39, 0.29) is 5.91 Å². The van der Waals surface area contributed by atoms with Gasteiger partial charge in [-0.3, -0.25) is 9.36 Å². The molecule has 0 aliphatic rings. The van der Waals surface area contributed by atoms with Crippen LogP contribution in [0, 0.1) is 0 Å². The van der Waals surface area contributed by atoms with E-state index in [4.69, 9.17) is 4.52 Å². The largest absolute Gasteiger partial charge is 0.443 e. The molecule has 90 valence electrons. The molecule has 0 N–H and O–H groups in total. The Labute approximate surface area is 98.8 Å². The van der Waals surface area contributed by atoms with Gasteiger partial charge in [-0.1, -0.05) is 0 Å². The molecule has 0 atom stereocenters. The summed E-state index contributed by atoms with van der Waals surface area (Å²) in [4.78, 5) is 11.3. The number of rotatable bonds is 2. The first-order valence-corrected chi connectivity index (χ1v) is 7.62. The van der Waals surface area contributed by atoms with Gasteiger partial charge in [0.2, 0.25) is 13.3 Å². The first-order valence-electron chi connectivity index (χ1n) is 5.10. The minimum atomic E-state index is -2.57. The van der Waals surface area contributed by atoms with Crippen LogP contribution in [0.25, 0.3) is 10.9 Å². The number of carbonyl (C=O) groups excluding carboxylic acids is 1. The summed E-state index contributed by atoms with van der Waals surface area (Å²) < 4.78 is 18.2. The lowest BCUT2D eigenvalue weighted by atomic mass is 10.2. The van der Waals surface area contributed by atoms with Crippen LogP contribution in [-0.2, 0) is 4.57 Å². The number of nitrogens with zero attached hydrogens (tertiary/aromatic N) is 2. The van der Waals surface area contributed by atoms with Crippen molar-refractivity contribution in [3.8, 4) is 5.75 Å². The van der Waals surface area contributed by atoms with Crippen LogP contribution < -0.4 is 4.52 Å². The van der Waals surface area contributed by atoms with E-state index < -0.39 is 7.37 Å². The van der Waals surface area contributed by atoms with Crippen molar-refractivity contribution in [3.05, 3.63) is 24.4 Å². The van der Waals surface area contributed by atoms with Crippen molar-refractivity contribution in [1.29, 1.82) is 0 Å². The fraction of sp³-hybridized carbons (Fsp3) is 0.273. The summed E-state index contributed by atoms with van der Waals surface area (Å²) in [6.07, 6.45) is 1.58. The van der Waals surface area contributed by atoms with Crippen molar-refractivity contribution in [2.24, 2.45) is 0 Å². The summed E-state index contributed by atoms with van der Waals surface area (Å²) in [6.45, 7) is 4.55. The average molecular weight is 252 g/mol. The smallest absolute Gasteiger partial charge is 0.244 e. The van der Waals surface area contributed by atoms with Gasteiger partial charge in [-0.05, 0) is 18.2 Å². The van der Waals surface area contributed by atoms with Gasteiger partial charge < -0.3 is 4.52 Å². The van der Waals surface area contributed by atoms with Gasteiger partial charge in [-0.15, -0.1) is 0 Å². The van der Waals surface area contributed by atoms with E-state index in [0.717, 1.165) is 5.39 Å². The van der Waals surface area contributed by atoms with Crippen molar-refractivity contribution in [2.75, 3.05) is 13.3 Å². The van der Waals surface area contributed by atoms with Crippen LogP contribution in [0.4, 0.5) is 0 Å². The maximum Gasteiger partial charge on any atom is 0.244 e. The summed E-state index contributed by atoms with van der Waals surface area (Å²) in [5, 5.41) is 4.76. The highest BCUT2D eigenvalue weighted by Crippen LogP contribution is 2.39. The summed E-state index contributed by atoms with van der Waals surface area (Å²) >= 11 is 0. The third-order valence-corrected chi connectivity index (χ3v) is 2.81. The van der Waals surface area contributed by atoms with Crippen molar-refractivity contribution < 1.29 is 13.9 Å². The average Bonchev–Trinajstić information content (AvgIpc) is 2.57. The van der Waals surface area contributed by atoms with Gasteiger partial charge in [-0.25, -0.2) is 4.68 Å². The van der Waals surface area contributed by atoms with Crippen LogP contribution >= 0.6 is 7.37 Å². The SMILES string of the molecule is CC(=O)n1ncc2cc(OP(C)(C)=O)ccc21. The van der Waals surface area contributed by atoms with Crippen LogP contribution in [0.2, 0.25) is 0 Å². The van der Waals surface area contributed by atoms with Crippen molar-refractivity contribution in [3.63, 3.8) is 0 Å². The Bertz CT molecular complexity index is 627. The molecular formula is C11H13N2O3P. The van der Waals surface area contributed by atoms with E-state index in [0.29, 0.717) is 11.3 Å². The molecule has 6 heteroatoms. The second-order valence-corrected chi connectivity index (χ2v) is 6.83. The fourth-order valence-corrected chi connectivity index (χ4v) is 2.19. The Kier molecular flexibility index (Phi) is 2.79. The van der Waals surface area contributed by atoms with Gasteiger partial charge in [0.25, 0.3) is 0 Å². The number of hydrogen-bond donors (Lipinski definition) is 0. The molecular weight excluding hydrogens is 239 g/mol. The molecule has 0 aliphatic carbocycles. The topological polar surface area (TPSA) is 61.2 Å².